The monoisotopic (exact) mass is 212 g/mol. The molecule has 0 amide bonds. The van der Waals surface area contributed by atoms with Crippen LogP contribution >= 0.6 is 0 Å². The molecule has 1 fully saturated rings. The number of nitrogens with zero attached hydrogens (tertiary/aromatic N) is 1. The zero-order chi connectivity index (χ0) is 11.0. The first-order chi connectivity index (χ1) is 7.83. The molecule has 1 atom stereocenters. The molecule has 82 valence electrons. The minimum Gasteiger partial charge on any atom is -0.316 e. The largest absolute Gasteiger partial charge is 0.316 e. The molecule has 1 aromatic heterocycles. The van der Waals surface area contributed by atoms with E-state index in [0.717, 1.165) is 18.8 Å². The van der Waals surface area contributed by atoms with Crippen molar-refractivity contribution in [1.82, 2.24) is 10.3 Å². The van der Waals surface area contributed by atoms with Crippen LogP contribution in [0.2, 0.25) is 0 Å². The average Bonchev–Trinajstić information content (AvgIpc) is 2.82. The van der Waals surface area contributed by atoms with Crippen molar-refractivity contribution < 1.29 is 0 Å². The van der Waals surface area contributed by atoms with E-state index in [9.17, 15) is 0 Å². The van der Waals surface area contributed by atoms with Gasteiger partial charge in [-0.1, -0.05) is 12.1 Å². The van der Waals surface area contributed by atoms with Crippen LogP contribution in [0.1, 0.15) is 23.6 Å². The zero-order valence-corrected chi connectivity index (χ0v) is 9.53. The van der Waals surface area contributed by atoms with E-state index >= 15 is 0 Å². The maximum Gasteiger partial charge on any atom is 0.0379 e. The molecule has 2 aromatic rings. The van der Waals surface area contributed by atoms with E-state index in [1.807, 2.05) is 13.1 Å². The van der Waals surface area contributed by atoms with Crippen molar-refractivity contribution in [3.05, 3.63) is 41.7 Å². The summed E-state index contributed by atoms with van der Waals surface area (Å²) >= 11 is 0. The van der Waals surface area contributed by atoms with Gasteiger partial charge < -0.3 is 5.32 Å². The number of benzene rings is 1. The molecule has 16 heavy (non-hydrogen) atoms. The highest BCUT2D eigenvalue weighted by Gasteiger charge is 2.16. The predicted molar refractivity (Wildman–Crippen MR) is 66.7 cm³/mol. The summed E-state index contributed by atoms with van der Waals surface area (Å²) in [4.78, 5) is 4.36. The normalized spacial score (nSPS) is 20.4. The van der Waals surface area contributed by atoms with Gasteiger partial charge in [0.25, 0.3) is 0 Å². The molecular weight excluding hydrogens is 196 g/mol. The number of pyridine rings is 1. The van der Waals surface area contributed by atoms with Crippen molar-refractivity contribution in [2.75, 3.05) is 13.1 Å². The summed E-state index contributed by atoms with van der Waals surface area (Å²) in [7, 11) is 0. The predicted octanol–water partition coefficient (Wildman–Crippen LogP) is 2.62. The van der Waals surface area contributed by atoms with E-state index in [1.165, 1.54) is 22.8 Å². The van der Waals surface area contributed by atoms with Crippen LogP contribution in [0.3, 0.4) is 0 Å². The van der Waals surface area contributed by atoms with Gasteiger partial charge in [0.1, 0.15) is 0 Å². The lowest BCUT2D eigenvalue weighted by atomic mass is 9.96. The van der Waals surface area contributed by atoms with Gasteiger partial charge in [-0.15, -0.1) is 0 Å². The Balaban J connectivity index is 2.05. The summed E-state index contributed by atoms with van der Waals surface area (Å²) < 4.78 is 0. The smallest absolute Gasteiger partial charge is 0.0379 e. The Morgan fingerprint density at radius 1 is 1.25 bits per heavy atom. The van der Waals surface area contributed by atoms with Crippen LogP contribution in [-0.2, 0) is 0 Å². The highest BCUT2D eigenvalue weighted by atomic mass is 14.9. The minimum atomic E-state index is 0.686. The number of rotatable bonds is 1. The second-order valence-corrected chi connectivity index (χ2v) is 4.62. The van der Waals surface area contributed by atoms with Gasteiger partial charge >= 0.3 is 0 Å². The second-order valence-electron chi connectivity index (χ2n) is 4.62. The molecule has 2 heterocycles. The molecule has 1 unspecified atom stereocenters. The van der Waals surface area contributed by atoms with Gasteiger partial charge in [-0.05, 0) is 48.9 Å². The van der Waals surface area contributed by atoms with Crippen LogP contribution in [0.15, 0.2) is 30.5 Å². The molecule has 0 radical (unpaired) electrons. The standard InChI is InChI=1S/C14H16N2/c1-10-6-11-2-3-12(7-14(11)9-16-10)13-4-5-15-8-13/h2-3,6-7,9,13,15H,4-5,8H2,1H3. The first-order valence-corrected chi connectivity index (χ1v) is 5.90. The van der Waals surface area contributed by atoms with Crippen LogP contribution in [0.25, 0.3) is 10.8 Å². The summed E-state index contributed by atoms with van der Waals surface area (Å²) in [6, 6.07) is 8.92. The van der Waals surface area contributed by atoms with Crippen LogP contribution in [0, 0.1) is 6.92 Å². The van der Waals surface area contributed by atoms with Gasteiger partial charge in [0, 0.05) is 23.8 Å². The molecule has 1 aliphatic heterocycles. The van der Waals surface area contributed by atoms with E-state index in [2.05, 4.69) is 34.6 Å². The fourth-order valence-corrected chi connectivity index (χ4v) is 2.46. The Morgan fingerprint density at radius 2 is 2.19 bits per heavy atom. The molecule has 0 saturated carbocycles. The van der Waals surface area contributed by atoms with Crippen molar-refractivity contribution in [1.29, 1.82) is 0 Å². The summed E-state index contributed by atoms with van der Waals surface area (Å²) in [5.41, 5.74) is 2.53. The summed E-state index contributed by atoms with van der Waals surface area (Å²) in [6.45, 7) is 4.30. The molecule has 1 saturated heterocycles. The van der Waals surface area contributed by atoms with Gasteiger partial charge in [0.15, 0.2) is 0 Å². The van der Waals surface area contributed by atoms with Crippen molar-refractivity contribution in [3.8, 4) is 0 Å². The fourth-order valence-electron chi connectivity index (χ4n) is 2.46. The molecule has 0 aliphatic carbocycles. The third-order valence-corrected chi connectivity index (χ3v) is 3.41. The quantitative estimate of drug-likeness (QED) is 0.786. The van der Waals surface area contributed by atoms with Crippen LogP contribution in [-0.4, -0.2) is 18.1 Å². The summed E-state index contributed by atoms with van der Waals surface area (Å²) in [5.74, 6) is 0.686. The third kappa shape index (κ3) is 1.69. The number of hydrogen-bond acceptors (Lipinski definition) is 2. The molecular formula is C14H16N2. The zero-order valence-electron chi connectivity index (χ0n) is 9.53. The van der Waals surface area contributed by atoms with E-state index in [-0.39, 0.29) is 0 Å². The van der Waals surface area contributed by atoms with E-state index in [1.54, 1.807) is 0 Å². The number of aryl methyl sites for hydroxylation is 1. The van der Waals surface area contributed by atoms with Crippen LogP contribution in [0.5, 0.6) is 0 Å². The van der Waals surface area contributed by atoms with Gasteiger partial charge in [0.2, 0.25) is 0 Å². The minimum absolute atomic E-state index is 0.686. The highest BCUT2D eigenvalue weighted by molar-refractivity contribution is 5.82. The lowest BCUT2D eigenvalue weighted by Gasteiger charge is -2.09. The SMILES string of the molecule is Cc1cc2ccc(C3CCNC3)cc2cn1. The Kier molecular flexibility index (Phi) is 2.37. The van der Waals surface area contributed by atoms with Gasteiger partial charge in [0.05, 0.1) is 0 Å². The number of aromatic nitrogens is 1. The lowest BCUT2D eigenvalue weighted by Crippen LogP contribution is -2.07. The Morgan fingerprint density at radius 3 is 3.00 bits per heavy atom. The maximum absolute atomic E-state index is 4.36. The van der Waals surface area contributed by atoms with Crippen LogP contribution < -0.4 is 5.32 Å². The molecule has 0 bridgehead atoms. The Bertz CT molecular complexity index is 513. The number of nitrogens with one attached hydrogen (secondary N) is 1. The highest BCUT2D eigenvalue weighted by Crippen LogP contribution is 2.25. The fraction of sp³-hybridized carbons (Fsp3) is 0.357. The number of fused-ring (bicyclic) bond motifs is 1. The third-order valence-electron chi connectivity index (χ3n) is 3.41. The van der Waals surface area contributed by atoms with E-state index < -0.39 is 0 Å². The van der Waals surface area contributed by atoms with Crippen molar-refractivity contribution in [3.63, 3.8) is 0 Å². The van der Waals surface area contributed by atoms with Gasteiger partial charge in [-0.25, -0.2) is 0 Å². The van der Waals surface area contributed by atoms with Gasteiger partial charge in [-0.2, -0.15) is 0 Å². The summed E-state index contributed by atoms with van der Waals surface area (Å²) in [6.07, 6.45) is 3.24. The van der Waals surface area contributed by atoms with E-state index in [0.29, 0.717) is 5.92 Å². The molecule has 1 aromatic carbocycles. The summed E-state index contributed by atoms with van der Waals surface area (Å²) in [5, 5.41) is 5.97. The van der Waals surface area contributed by atoms with Crippen molar-refractivity contribution >= 4 is 10.8 Å². The van der Waals surface area contributed by atoms with Crippen LogP contribution in [0.4, 0.5) is 0 Å². The van der Waals surface area contributed by atoms with Crippen molar-refractivity contribution in [2.45, 2.75) is 19.3 Å². The average molecular weight is 212 g/mol. The van der Waals surface area contributed by atoms with Gasteiger partial charge in [-0.3, -0.25) is 4.98 Å². The lowest BCUT2D eigenvalue weighted by molar-refractivity contribution is 0.764. The molecule has 2 heteroatoms. The molecule has 1 aliphatic rings. The first-order valence-electron chi connectivity index (χ1n) is 5.90. The first kappa shape index (κ1) is 9.79. The number of hydrogen-bond donors (Lipinski definition) is 1. The van der Waals surface area contributed by atoms with E-state index in [4.69, 9.17) is 0 Å². The Labute approximate surface area is 95.7 Å². The second kappa shape index (κ2) is 3.87. The van der Waals surface area contributed by atoms with Crippen molar-refractivity contribution in [2.24, 2.45) is 0 Å². The molecule has 0 spiro atoms. The maximum atomic E-state index is 4.36. The molecule has 3 rings (SSSR count). The topological polar surface area (TPSA) is 24.9 Å². The Hall–Kier alpha value is -1.41. The molecule has 2 nitrogen and oxygen atoms in total. The molecule has 1 N–H and O–H groups in total.